The fourth-order valence-corrected chi connectivity index (χ4v) is 1.93. The van der Waals surface area contributed by atoms with Crippen LogP contribution in [0.3, 0.4) is 0 Å². The zero-order valence-corrected chi connectivity index (χ0v) is 12.4. The van der Waals surface area contributed by atoms with Gasteiger partial charge in [-0.25, -0.2) is 0 Å². The molecule has 2 rings (SSSR count). The predicted molar refractivity (Wildman–Crippen MR) is 79.4 cm³/mol. The molecule has 1 atom stereocenters. The highest BCUT2D eigenvalue weighted by atomic mass is 16.5. The minimum Gasteiger partial charge on any atom is -0.479 e. The van der Waals surface area contributed by atoms with E-state index in [1.54, 1.807) is 14.0 Å². The summed E-state index contributed by atoms with van der Waals surface area (Å²) in [6.45, 7) is 6.63. The lowest BCUT2D eigenvalue weighted by Gasteiger charge is -2.25. The predicted octanol–water partition coefficient (Wildman–Crippen LogP) is 2.63. The minimum absolute atomic E-state index is 0.116. The average molecular weight is 278 g/mol. The number of amides is 1. The van der Waals surface area contributed by atoms with Crippen molar-refractivity contribution in [1.29, 1.82) is 0 Å². The van der Waals surface area contributed by atoms with E-state index >= 15 is 0 Å². The lowest BCUT2D eigenvalue weighted by atomic mass is 10.1. The van der Waals surface area contributed by atoms with Gasteiger partial charge in [-0.3, -0.25) is 4.79 Å². The van der Waals surface area contributed by atoms with Crippen LogP contribution in [0.25, 0.3) is 0 Å². The second-order valence-electron chi connectivity index (χ2n) is 5.60. The van der Waals surface area contributed by atoms with Gasteiger partial charge in [0.1, 0.15) is 5.75 Å². The van der Waals surface area contributed by atoms with Gasteiger partial charge in [0, 0.05) is 19.3 Å². The summed E-state index contributed by atoms with van der Waals surface area (Å²) in [7, 11) is 1.72. The van der Waals surface area contributed by atoms with Crippen molar-refractivity contribution < 1.29 is 14.3 Å². The van der Waals surface area contributed by atoms with Gasteiger partial charge in [-0.15, -0.1) is 0 Å². The Morgan fingerprint density at radius 1 is 1.45 bits per heavy atom. The van der Waals surface area contributed by atoms with E-state index in [0.29, 0.717) is 11.4 Å². The van der Waals surface area contributed by atoms with Crippen molar-refractivity contribution >= 4 is 17.3 Å². The van der Waals surface area contributed by atoms with Crippen molar-refractivity contribution in [3.8, 4) is 5.75 Å². The molecule has 5 heteroatoms. The second-order valence-corrected chi connectivity index (χ2v) is 5.60. The summed E-state index contributed by atoms with van der Waals surface area (Å²) in [5, 5.41) is 6.16. The maximum atomic E-state index is 11.6. The van der Waals surface area contributed by atoms with E-state index < -0.39 is 6.10 Å². The van der Waals surface area contributed by atoms with E-state index in [-0.39, 0.29) is 11.5 Å². The third-order valence-electron chi connectivity index (χ3n) is 3.52. The number of hydrogen-bond donors (Lipinski definition) is 2. The average Bonchev–Trinajstić information content (AvgIpc) is 2.40. The molecule has 20 heavy (non-hydrogen) atoms. The Bertz CT molecular complexity index is 500. The summed E-state index contributed by atoms with van der Waals surface area (Å²) < 4.78 is 10.9. The largest absolute Gasteiger partial charge is 0.479 e. The molecule has 1 unspecified atom stereocenters. The summed E-state index contributed by atoms with van der Waals surface area (Å²) in [4.78, 5) is 11.6. The Balaban J connectivity index is 1.98. The van der Waals surface area contributed by atoms with Gasteiger partial charge in [0.05, 0.1) is 11.3 Å². The van der Waals surface area contributed by atoms with Gasteiger partial charge in [-0.2, -0.15) is 0 Å². The Hall–Kier alpha value is -1.75. The lowest BCUT2D eigenvalue weighted by molar-refractivity contribution is -0.122. The van der Waals surface area contributed by atoms with Gasteiger partial charge in [0.15, 0.2) is 6.10 Å². The van der Waals surface area contributed by atoms with Crippen molar-refractivity contribution in [3.63, 3.8) is 0 Å². The molecule has 110 valence electrons. The number of hydrogen-bond acceptors (Lipinski definition) is 4. The van der Waals surface area contributed by atoms with Crippen LogP contribution >= 0.6 is 0 Å². The first-order chi connectivity index (χ1) is 9.41. The zero-order chi connectivity index (χ0) is 14.8. The Morgan fingerprint density at radius 2 is 2.20 bits per heavy atom. The summed E-state index contributed by atoms with van der Waals surface area (Å²) >= 11 is 0. The van der Waals surface area contributed by atoms with Gasteiger partial charge in [-0.05, 0) is 45.4 Å². The van der Waals surface area contributed by atoms with Crippen LogP contribution in [0.5, 0.6) is 5.75 Å². The highest BCUT2D eigenvalue weighted by Crippen LogP contribution is 2.32. The summed E-state index contributed by atoms with van der Waals surface area (Å²) in [5.74, 6) is 0.593. The number of carbonyl (C=O) groups excluding carboxylic acids is 1. The van der Waals surface area contributed by atoms with Crippen molar-refractivity contribution in [2.24, 2.45) is 0 Å². The molecule has 0 aromatic heterocycles. The summed E-state index contributed by atoms with van der Waals surface area (Å²) in [6.07, 6.45) is 0.448. The van der Waals surface area contributed by atoms with Gasteiger partial charge >= 0.3 is 0 Å². The standard InChI is InChI=1S/C15H22N2O3/c1-10-14(18)17-12-9-11(5-6-13(12)20-10)16-8-7-15(2,3)19-4/h5-6,9-10,16H,7-8H2,1-4H3,(H,17,18). The number of ether oxygens (including phenoxy) is 2. The Labute approximate surface area is 119 Å². The lowest BCUT2D eigenvalue weighted by Crippen LogP contribution is -2.34. The normalized spacial score (nSPS) is 18.0. The smallest absolute Gasteiger partial charge is 0.265 e. The second kappa shape index (κ2) is 5.71. The van der Waals surface area contributed by atoms with Gasteiger partial charge in [-0.1, -0.05) is 0 Å². The maximum Gasteiger partial charge on any atom is 0.265 e. The van der Waals surface area contributed by atoms with Crippen molar-refractivity contribution in [3.05, 3.63) is 18.2 Å². The molecular weight excluding hydrogens is 256 g/mol. The third kappa shape index (κ3) is 3.42. The van der Waals surface area contributed by atoms with E-state index in [1.165, 1.54) is 0 Å². The van der Waals surface area contributed by atoms with Gasteiger partial charge in [0.25, 0.3) is 5.91 Å². The number of fused-ring (bicyclic) bond motifs is 1. The molecule has 0 saturated heterocycles. The summed E-state index contributed by atoms with van der Waals surface area (Å²) in [6, 6.07) is 5.71. The van der Waals surface area contributed by atoms with E-state index in [2.05, 4.69) is 24.5 Å². The highest BCUT2D eigenvalue weighted by molar-refractivity contribution is 5.98. The van der Waals surface area contributed by atoms with Crippen LogP contribution in [-0.4, -0.2) is 31.3 Å². The molecule has 0 fully saturated rings. The molecule has 1 aromatic rings. The Morgan fingerprint density at radius 3 is 2.90 bits per heavy atom. The van der Waals surface area contributed by atoms with Crippen LogP contribution in [0, 0.1) is 0 Å². The number of rotatable bonds is 5. The van der Waals surface area contributed by atoms with E-state index in [4.69, 9.17) is 9.47 Å². The molecule has 0 bridgehead atoms. The maximum absolute atomic E-state index is 11.6. The van der Waals surface area contributed by atoms with Crippen LogP contribution in [0.2, 0.25) is 0 Å². The van der Waals surface area contributed by atoms with Crippen molar-refractivity contribution in [2.45, 2.75) is 38.9 Å². The highest BCUT2D eigenvalue weighted by Gasteiger charge is 2.23. The zero-order valence-electron chi connectivity index (χ0n) is 12.4. The number of methoxy groups -OCH3 is 1. The Kier molecular flexibility index (Phi) is 4.18. The first-order valence-corrected chi connectivity index (χ1v) is 6.82. The van der Waals surface area contributed by atoms with Crippen molar-refractivity contribution in [2.75, 3.05) is 24.3 Å². The molecule has 1 aliphatic heterocycles. The van der Waals surface area contributed by atoms with E-state index in [0.717, 1.165) is 18.7 Å². The SMILES string of the molecule is COC(C)(C)CCNc1ccc2c(c1)NC(=O)C(C)O2. The monoisotopic (exact) mass is 278 g/mol. The topological polar surface area (TPSA) is 59.6 Å². The number of nitrogens with one attached hydrogen (secondary N) is 2. The minimum atomic E-state index is -0.441. The molecule has 1 aliphatic rings. The molecular formula is C15H22N2O3. The van der Waals surface area contributed by atoms with E-state index in [1.807, 2.05) is 18.2 Å². The van der Waals surface area contributed by atoms with Gasteiger partial charge < -0.3 is 20.1 Å². The fourth-order valence-electron chi connectivity index (χ4n) is 1.93. The molecule has 1 heterocycles. The van der Waals surface area contributed by atoms with Crippen LogP contribution in [0.15, 0.2) is 18.2 Å². The fraction of sp³-hybridized carbons (Fsp3) is 0.533. The molecule has 0 aliphatic carbocycles. The molecule has 5 nitrogen and oxygen atoms in total. The number of anilines is 2. The molecule has 0 spiro atoms. The van der Waals surface area contributed by atoms with Crippen LogP contribution in [0.1, 0.15) is 27.2 Å². The van der Waals surface area contributed by atoms with Gasteiger partial charge in [0.2, 0.25) is 0 Å². The first kappa shape index (κ1) is 14.7. The van der Waals surface area contributed by atoms with Crippen molar-refractivity contribution in [1.82, 2.24) is 0 Å². The number of benzene rings is 1. The first-order valence-electron chi connectivity index (χ1n) is 6.82. The summed E-state index contributed by atoms with van der Waals surface area (Å²) in [5.41, 5.74) is 1.52. The quantitative estimate of drug-likeness (QED) is 0.869. The molecule has 2 N–H and O–H groups in total. The van der Waals surface area contributed by atoms with Crippen LogP contribution < -0.4 is 15.4 Å². The molecule has 1 amide bonds. The van der Waals surface area contributed by atoms with Crippen LogP contribution in [0.4, 0.5) is 11.4 Å². The molecule has 1 aromatic carbocycles. The van der Waals surface area contributed by atoms with E-state index in [9.17, 15) is 4.79 Å². The molecule has 0 radical (unpaired) electrons. The molecule has 0 saturated carbocycles. The van der Waals surface area contributed by atoms with Crippen LogP contribution in [-0.2, 0) is 9.53 Å². The number of carbonyl (C=O) groups is 1. The third-order valence-corrected chi connectivity index (χ3v) is 3.52.